The molecule has 2 fully saturated rings. The Morgan fingerprint density at radius 1 is 1.07 bits per heavy atom. The van der Waals surface area contributed by atoms with Crippen LogP contribution in [0.25, 0.3) is 11.0 Å². The van der Waals surface area contributed by atoms with Gasteiger partial charge in [-0.05, 0) is 77.0 Å². The van der Waals surface area contributed by atoms with Crippen LogP contribution in [0.3, 0.4) is 0 Å². The minimum absolute atomic E-state index is 0.119. The predicted octanol–water partition coefficient (Wildman–Crippen LogP) is 4.48. The Labute approximate surface area is 256 Å². The number of rotatable bonds is 11. The van der Waals surface area contributed by atoms with Crippen molar-refractivity contribution < 1.29 is 14.3 Å². The van der Waals surface area contributed by atoms with E-state index in [1.807, 2.05) is 36.0 Å². The highest BCUT2D eigenvalue weighted by Gasteiger charge is 2.33. The van der Waals surface area contributed by atoms with Crippen LogP contribution in [-0.2, 0) is 16.1 Å². The Bertz CT molecular complexity index is 1340. The number of anilines is 1. The van der Waals surface area contributed by atoms with E-state index >= 15 is 0 Å². The van der Waals surface area contributed by atoms with Crippen molar-refractivity contribution in [2.24, 2.45) is 11.8 Å². The molecule has 1 saturated carbocycles. The standard InChI is InChI=1S/C33H49N7O3/c1-6-43-28-9-7-8-26(20-28)23-40-31-29(21-36-40)30(34-24-35-31)37-14-16-38(17-15-37)32(41)27-12-10-25(11-13-27)22-39(18-19-42-5)33(2,3)4/h7-9,20-21,24-25,27H,6,10-19,22-23H2,1-5H3. The summed E-state index contributed by atoms with van der Waals surface area (Å²) in [6, 6.07) is 8.09. The summed E-state index contributed by atoms with van der Waals surface area (Å²) in [7, 11) is 1.77. The number of carbonyl (C=O) groups is 1. The van der Waals surface area contributed by atoms with E-state index in [-0.39, 0.29) is 11.5 Å². The molecule has 1 aliphatic heterocycles. The van der Waals surface area contributed by atoms with Gasteiger partial charge in [-0.3, -0.25) is 9.69 Å². The summed E-state index contributed by atoms with van der Waals surface area (Å²) < 4.78 is 12.9. The Balaban J connectivity index is 1.15. The minimum atomic E-state index is 0.119. The number of amides is 1. The number of ether oxygens (including phenoxy) is 2. The number of hydrogen-bond acceptors (Lipinski definition) is 8. The predicted molar refractivity (Wildman–Crippen MR) is 169 cm³/mol. The van der Waals surface area contributed by atoms with Gasteiger partial charge < -0.3 is 19.3 Å². The van der Waals surface area contributed by atoms with Crippen LogP contribution in [0.2, 0.25) is 0 Å². The molecule has 0 unspecified atom stereocenters. The maximum atomic E-state index is 13.5. The highest BCUT2D eigenvalue weighted by molar-refractivity contribution is 5.87. The minimum Gasteiger partial charge on any atom is -0.494 e. The zero-order chi connectivity index (χ0) is 30.4. The molecule has 43 heavy (non-hydrogen) atoms. The van der Waals surface area contributed by atoms with Gasteiger partial charge in [0, 0.05) is 57.8 Å². The van der Waals surface area contributed by atoms with E-state index in [1.54, 1.807) is 13.4 Å². The van der Waals surface area contributed by atoms with Crippen molar-refractivity contribution in [3.63, 3.8) is 0 Å². The largest absolute Gasteiger partial charge is 0.494 e. The molecule has 1 saturated heterocycles. The summed E-state index contributed by atoms with van der Waals surface area (Å²) in [6.45, 7) is 15.8. The van der Waals surface area contributed by atoms with Gasteiger partial charge in [-0.2, -0.15) is 5.10 Å². The zero-order valence-electron chi connectivity index (χ0n) is 26.7. The first-order chi connectivity index (χ1) is 20.8. The molecule has 2 aliphatic rings. The number of nitrogens with zero attached hydrogens (tertiary/aromatic N) is 7. The summed E-state index contributed by atoms with van der Waals surface area (Å²) in [5.74, 6) is 2.88. The maximum Gasteiger partial charge on any atom is 0.225 e. The molecule has 3 aromatic rings. The second-order valence-corrected chi connectivity index (χ2v) is 13.0. The van der Waals surface area contributed by atoms with Crippen molar-refractivity contribution in [2.45, 2.75) is 65.5 Å². The summed E-state index contributed by atoms with van der Waals surface area (Å²) in [6.07, 6.45) is 7.71. The van der Waals surface area contributed by atoms with E-state index in [9.17, 15) is 4.79 Å². The molecule has 0 spiro atoms. The summed E-state index contributed by atoms with van der Waals surface area (Å²) in [5, 5.41) is 5.59. The van der Waals surface area contributed by atoms with Crippen LogP contribution in [0.5, 0.6) is 5.75 Å². The first-order valence-electron chi connectivity index (χ1n) is 15.9. The molecule has 2 aromatic heterocycles. The molecule has 3 heterocycles. The summed E-state index contributed by atoms with van der Waals surface area (Å²) >= 11 is 0. The van der Waals surface area contributed by atoms with E-state index in [2.05, 4.69) is 56.6 Å². The molecule has 1 amide bonds. The van der Waals surface area contributed by atoms with Crippen LogP contribution >= 0.6 is 0 Å². The molecule has 10 heteroatoms. The molecule has 1 aliphatic carbocycles. The number of benzene rings is 1. The van der Waals surface area contributed by atoms with Crippen LogP contribution in [0, 0.1) is 11.8 Å². The molecule has 234 valence electrons. The molecule has 0 radical (unpaired) electrons. The van der Waals surface area contributed by atoms with Gasteiger partial charge in [-0.25, -0.2) is 14.6 Å². The smallest absolute Gasteiger partial charge is 0.225 e. The maximum absolute atomic E-state index is 13.5. The zero-order valence-corrected chi connectivity index (χ0v) is 26.7. The number of hydrogen-bond donors (Lipinski definition) is 0. The third-order valence-electron chi connectivity index (χ3n) is 9.03. The third-order valence-corrected chi connectivity index (χ3v) is 9.03. The Hall–Kier alpha value is -3.24. The third kappa shape index (κ3) is 7.65. The molecule has 5 rings (SSSR count). The molecular weight excluding hydrogens is 542 g/mol. The SMILES string of the molecule is CCOc1cccc(Cn2ncc3c(N4CCN(C(=O)C5CCC(CN(CCOC)C(C)(C)C)CC5)CC4)ncnc32)c1. The van der Waals surface area contributed by atoms with E-state index < -0.39 is 0 Å². The van der Waals surface area contributed by atoms with Crippen molar-refractivity contribution in [2.75, 3.05) is 64.5 Å². The summed E-state index contributed by atoms with van der Waals surface area (Å²) in [5.41, 5.74) is 2.04. The van der Waals surface area contributed by atoms with E-state index in [0.717, 1.165) is 99.7 Å². The van der Waals surface area contributed by atoms with Gasteiger partial charge in [0.25, 0.3) is 0 Å². The molecule has 0 N–H and O–H groups in total. The molecule has 10 nitrogen and oxygen atoms in total. The Morgan fingerprint density at radius 2 is 1.84 bits per heavy atom. The van der Waals surface area contributed by atoms with E-state index in [1.165, 1.54) is 0 Å². The van der Waals surface area contributed by atoms with Crippen molar-refractivity contribution in [3.05, 3.63) is 42.4 Å². The van der Waals surface area contributed by atoms with Crippen LogP contribution in [0.15, 0.2) is 36.8 Å². The average molecular weight is 592 g/mol. The van der Waals surface area contributed by atoms with Crippen molar-refractivity contribution in [1.82, 2.24) is 29.5 Å². The van der Waals surface area contributed by atoms with Crippen LogP contribution in [0.1, 0.15) is 58.9 Å². The lowest BCUT2D eigenvalue weighted by atomic mass is 9.80. The first-order valence-corrected chi connectivity index (χ1v) is 15.9. The number of fused-ring (bicyclic) bond motifs is 1. The monoisotopic (exact) mass is 591 g/mol. The molecule has 0 atom stereocenters. The first kappa shape index (κ1) is 31.2. The topological polar surface area (TPSA) is 88.9 Å². The van der Waals surface area contributed by atoms with Crippen LogP contribution in [-0.4, -0.2) is 101 Å². The van der Waals surface area contributed by atoms with Crippen molar-refractivity contribution >= 4 is 22.8 Å². The fourth-order valence-corrected chi connectivity index (χ4v) is 6.52. The lowest BCUT2D eigenvalue weighted by Gasteiger charge is -2.41. The van der Waals surface area contributed by atoms with Gasteiger partial charge in [0.1, 0.15) is 17.9 Å². The number of carbonyl (C=O) groups excluding carboxylic acids is 1. The summed E-state index contributed by atoms with van der Waals surface area (Å²) in [4.78, 5) is 29.6. The Morgan fingerprint density at radius 3 is 2.53 bits per heavy atom. The van der Waals surface area contributed by atoms with Crippen LogP contribution < -0.4 is 9.64 Å². The second-order valence-electron chi connectivity index (χ2n) is 13.0. The fraction of sp³-hybridized carbons (Fsp3) is 0.636. The fourth-order valence-electron chi connectivity index (χ4n) is 6.52. The van der Waals surface area contributed by atoms with Crippen molar-refractivity contribution in [1.29, 1.82) is 0 Å². The van der Waals surface area contributed by atoms with Gasteiger partial charge in [-0.1, -0.05) is 12.1 Å². The van der Waals surface area contributed by atoms with Gasteiger partial charge in [0.15, 0.2) is 5.65 Å². The lowest BCUT2D eigenvalue weighted by molar-refractivity contribution is -0.137. The lowest BCUT2D eigenvalue weighted by Crippen LogP contribution is -2.51. The highest BCUT2D eigenvalue weighted by atomic mass is 16.5. The molecule has 0 bridgehead atoms. The normalized spacial score (nSPS) is 19.8. The van der Waals surface area contributed by atoms with Crippen molar-refractivity contribution in [3.8, 4) is 5.75 Å². The number of aromatic nitrogens is 4. The molecule has 1 aromatic carbocycles. The van der Waals surface area contributed by atoms with Gasteiger partial charge in [-0.15, -0.1) is 0 Å². The van der Waals surface area contributed by atoms with Gasteiger partial charge in [0.2, 0.25) is 5.91 Å². The van der Waals surface area contributed by atoms with Gasteiger partial charge in [0.05, 0.1) is 31.3 Å². The average Bonchev–Trinajstić information content (AvgIpc) is 3.42. The number of methoxy groups -OCH3 is 1. The second kappa shape index (κ2) is 14.0. The van der Waals surface area contributed by atoms with E-state index in [4.69, 9.17) is 9.47 Å². The Kier molecular flexibility index (Phi) is 10.2. The van der Waals surface area contributed by atoms with Gasteiger partial charge >= 0.3 is 0 Å². The van der Waals surface area contributed by atoms with E-state index in [0.29, 0.717) is 25.0 Å². The van der Waals surface area contributed by atoms with Crippen LogP contribution in [0.4, 0.5) is 5.82 Å². The quantitative estimate of drug-likeness (QED) is 0.323. The number of piperazine rings is 1. The molecular formula is C33H49N7O3. The highest BCUT2D eigenvalue weighted by Crippen LogP contribution is 2.33.